The first-order valence-electron chi connectivity index (χ1n) is 14.6. The molecular formula is C32H35ClFN7O5. The van der Waals surface area contributed by atoms with Gasteiger partial charge in [0.1, 0.15) is 17.3 Å². The molecule has 4 aromatic rings. The van der Waals surface area contributed by atoms with Gasteiger partial charge in [0.05, 0.1) is 56.0 Å². The fourth-order valence-corrected chi connectivity index (χ4v) is 5.59. The fraction of sp³-hybridized carbons (Fsp3) is 0.312. The molecule has 3 aromatic carbocycles. The Hall–Kier alpha value is -4.88. The number of urea groups is 1. The van der Waals surface area contributed by atoms with Gasteiger partial charge in [0, 0.05) is 29.9 Å². The van der Waals surface area contributed by atoms with Gasteiger partial charge < -0.3 is 30.4 Å². The Morgan fingerprint density at radius 1 is 1.00 bits per heavy atom. The van der Waals surface area contributed by atoms with Crippen LogP contribution in [0.15, 0.2) is 65.5 Å². The molecule has 14 heteroatoms. The Morgan fingerprint density at radius 2 is 1.70 bits per heavy atom. The Labute approximate surface area is 270 Å². The Kier molecular flexibility index (Phi) is 9.63. The van der Waals surface area contributed by atoms with Crippen molar-refractivity contribution in [3.05, 3.63) is 87.7 Å². The van der Waals surface area contributed by atoms with Crippen LogP contribution in [0.4, 0.5) is 20.6 Å². The van der Waals surface area contributed by atoms with Crippen LogP contribution in [0.25, 0.3) is 10.9 Å². The first-order chi connectivity index (χ1) is 22.0. The summed E-state index contributed by atoms with van der Waals surface area (Å²) >= 11 is 6.30. The molecule has 0 bridgehead atoms. The maximum absolute atomic E-state index is 14.2. The quantitative estimate of drug-likeness (QED) is 0.290. The van der Waals surface area contributed by atoms with Crippen molar-refractivity contribution < 1.29 is 23.5 Å². The third kappa shape index (κ3) is 6.56. The summed E-state index contributed by atoms with van der Waals surface area (Å²) in [6.07, 6.45) is 0. The zero-order valence-corrected chi connectivity index (χ0v) is 26.6. The summed E-state index contributed by atoms with van der Waals surface area (Å²) in [5, 5.41) is 5.34. The van der Waals surface area contributed by atoms with Gasteiger partial charge in [0.15, 0.2) is 5.82 Å². The van der Waals surface area contributed by atoms with Crippen LogP contribution in [-0.2, 0) is 4.79 Å². The third-order valence-corrected chi connectivity index (χ3v) is 8.03. The Morgan fingerprint density at radius 3 is 2.33 bits per heavy atom. The van der Waals surface area contributed by atoms with Gasteiger partial charge in [-0.2, -0.15) is 0 Å². The molecule has 12 nitrogen and oxygen atoms in total. The van der Waals surface area contributed by atoms with Gasteiger partial charge in [-0.05, 0) is 68.4 Å². The lowest BCUT2D eigenvalue weighted by molar-refractivity contribution is -0.132. The predicted octanol–water partition coefficient (Wildman–Crippen LogP) is 4.13. The minimum atomic E-state index is -0.887. The van der Waals surface area contributed by atoms with E-state index >= 15 is 0 Å². The van der Waals surface area contributed by atoms with Crippen LogP contribution >= 0.6 is 11.6 Å². The van der Waals surface area contributed by atoms with E-state index in [9.17, 15) is 18.8 Å². The second-order valence-corrected chi connectivity index (χ2v) is 11.3. The summed E-state index contributed by atoms with van der Waals surface area (Å²) in [5.74, 6) is 0.426. The maximum Gasteiger partial charge on any atom is 0.327 e. The lowest BCUT2D eigenvalue weighted by Gasteiger charge is -2.39. The molecular weight excluding hydrogens is 617 g/mol. The van der Waals surface area contributed by atoms with E-state index < -0.39 is 23.9 Å². The third-order valence-electron chi connectivity index (χ3n) is 7.80. The van der Waals surface area contributed by atoms with Crippen molar-refractivity contribution >= 4 is 45.8 Å². The summed E-state index contributed by atoms with van der Waals surface area (Å²) in [6.45, 7) is 4.66. The molecule has 1 aliphatic rings. The molecule has 2 atom stereocenters. The minimum Gasteiger partial charge on any atom is -0.497 e. The number of amides is 3. The van der Waals surface area contributed by atoms with Crippen molar-refractivity contribution in [3.8, 4) is 11.5 Å². The molecule has 1 unspecified atom stereocenters. The van der Waals surface area contributed by atoms with E-state index in [0.29, 0.717) is 65.0 Å². The number of rotatable bonds is 8. The number of halogens is 2. The molecule has 2 heterocycles. The second kappa shape index (κ2) is 13.6. The number of carbonyl (C=O) groups is 2. The van der Waals surface area contributed by atoms with E-state index in [-0.39, 0.29) is 17.3 Å². The topological polar surface area (TPSA) is 135 Å². The number of hydrogen-bond donors (Lipinski definition) is 2. The summed E-state index contributed by atoms with van der Waals surface area (Å²) in [4.78, 5) is 48.9. The number of nitrogens with zero attached hydrogens (tertiary/aromatic N) is 5. The highest BCUT2D eigenvalue weighted by molar-refractivity contribution is 6.31. The number of nitrogens with one attached hydrogen (secondary N) is 1. The first-order valence-corrected chi connectivity index (χ1v) is 15.0. The van der Waals surface area contributed by atoms with Crippen molar-refractivity contribution in [2.75, 3.05) is 55.6 Å². The van der Waals surface area contributed by atoms with E-state index in [1.54, 1.807) is 55.1 Å². The number of piperazine rings is 1. The van der Waals surface area contributed by atoms with Gasteiger partial charge in [-0.25, -0.2) is 18.8 Å². The van der Waals surface area contributed by atoms with Gasteiger partial charge >= 0.3 is 6.03 Å². The molecule has 3 N–H and O–H groups in total. The van der Waals surface area contributed by atoms with Crippen LogP contribution in [-0.4, -0.2) is 72.9 Å². The predicted molar refractivity (Wildman–Crippen MR) is 175 cm³/mol. The number of methoxy groups -OCH3 is 2. The van der Waals surface area contributed by atoms with Gasteiger partial charge in [0.25, 0.3) is 5.56 Å². The van der Waals surface area contributed by atoms with Gasteiger partial charge in [0.2, 0.25) is 5.91 Å². The van der Waals surface area contributed by atoms with E-state index in [2.05, 4.69) is 5.32 Å². The fourth-order valence-electron chi connectivity index (χ4n) is 5.43. The SMILES string of the molecule is COc1ccc(N(C(=O)Nc2ccc(F)cc2)C(C)c2nc3cc(Cl)ccc3c(=O)n2N2CCN(C(=O)[C@H](C)N)CC2)c(OC)c1. The number of carbonyl (C=O) groups excluding carboxylic acids is 2. The number of nitrogens with two attached hydrogens (primary N) is 1. The molecule has 0 aliphatic carbocycles. The van der Waals surface area contributed by atoms with Gasteiger partial charge in [-0.3, -0.25) is 14.5 Å². The monoisotopic (exact) mass is 651 g/mol. The molecule has 0 saturated carbocycles. The van der Waals surface area contributed by atoms with Crippen molar-refractivity contribution in [1.82, 2.24) is 14.6 Å². The second-order valence-electron chi connectivity index (χ2n) is 10.8. The highest BCUT2D eigenvalue weighted by Crippen LogP contribution is 2.37. The minimum absolute atomic E-state index is 0.179. The summed E-state index contributed by atoms with van der Waals surface area (Å²) < 4.78 is 26.2. The molecule has 1 saturated heterocycles. The normalized spacial score (nSPS) is 14.5. The van der Waals surface area contributed by atoms with Crippen molar-refractivity contribution in [2.24, 2.45) is 5.73 Å². The van der Waals surface area contributed by atoms with Gasteiger partial charge in [-0.15, -0.1) is 0 Å². The lowest BCUT2D eigenvalue weighted by atomic mass is 10.1. The summed E-state index contributed by atoms with van der Waals surface area (Å²) in [7, 11) is 2.98. The number of benzene rings is 3. The molecule has 0 spiro atoms. The zero-order chi connectivity index (χ0) is 33.1. The first kappa shape index (κ1) is 32.5. The number of fused-ring (bicyclic) bond motifs is 1. The van der Waals surface area contributed by atoms with Crippen LogP contribution in [0, 0.1) is 5.82 Å². The van der Waals surface area contributed by atoms with Crippen molar-refractivity contribution in [3.63, 3.8) is 0 Å². The van der Waals surface area contributed by atoms with Crippen LogP contribution in [0.1, 0.15) is 25.7 Å². The lowest BCUT2D eigenvalue weighted by Crippen LogP contribution is -2.58. The van der Waals surface area contributed by atoms with Crippen LogP contribution in [0.3, 0.4) is 0 Å². The number of hydrogen-bond acceptors (Lipinski definition) is 8. The van der Waals surface area contributed by atoms with E-state index in [0.717, 1.165) is 0 Å². The van der Waals surface area contributed by atoms with E-state index in [1.807, 2.05) is 5.01 Å². The number of ether oxygens (including phenoxy) is 2. The van der Waals surface area contributed by atoms with Crippen LogP contribution in [0.5, 0.6) is 11.5 Å². The molecule has 1 aliphatic heterocycles. The Bertz CT molecular complexity index is 1810. The van der Waals surface area contributed by atoms with Gasteiger partial charge in [-0.1, -0.05) is 11.6 Å². The number of anilines is 2. The largest absolute Gasteiger partial charge is 0.497 e. The average Bonchev–Trinajstić information content (AvgIpc) is 3.05. The van der Waals surface area contributed by atoms with Crippen molar-refractivity contribution in [2.45, 2.75) is 25.9 Å². The molecule has 5 rings (SSSR count). The smallest absolute Gasteiger partial charge is 0.327 e. The van der Waals surface area contributed by atoms with Crippen molar-refractivity contribution in [1.29, 1.82) is 0 Å². The summed E-state index contributed by atoms with van der Waals surface area (Å²) in [5.41, 5.74) is 6.52. The number of aromatic nitrogens is 2. The molecule has 3 amide bonds. The van der Waals surface area contributed by atoms with E-state index in [1.165, 1.54) is 48.1 Å². The molecule has 1 aromatic heterocycles. The maximum atomic E-state index is 14.2. The van der Waals surface area contributed by atoms with E-state index in [4.69, 9.17) is 31.8 Å². The molecule has 46 heavy (non-hydrogen) atoms. The Balaban J connectivity index is 1.65. The van der Waals surface area contributed by atoms with Crippen LogP contribution in [0.2, 0.25) is 5.02 Å². The highest BCUT2D eigenvalue weighted by atomic mass is 35.5. The molecule has 0 radical (unpaired) electrons. The molecule has 1 fully saturated rings. The van der Waals surface area contributed by atoms with Crippen LogP contribution < -0.4 is 36.0 Å². The molecule has 242 valence electrons. The zero-order valence-electron chi connectivity index (χ0n) is 25.9. The average molecular weight is 652 g/mol. The standard InChI is InChI=1S/C32H35ClFN7O5/c1-19(35)30(42)38-13-15-39(16-14-38)41-29(37-26-17-21(33)5-11-25(26)31(41)43)20(2)40(27-12-10-24(45-3)18-28(27)46-4)32(44)36-23-8-6-22(34)7-9-23/h5-12,17-20H,13-16,35H2,1-4H3,(H,36,44)/t19-,20?/m0/s1. The highest BCUT2D eigenvalue weighted by Gasteiger charge is 2.33. The summed E-state index contributed by atoms with van der Waals surface area (Å²) in [6, 6.07) is 13.0.